The number of hydrogen-bond acceptors (Lipinski definition) is 3. The summed E-state index contributed by atoms with van der Waals surface area (Å²) in [6, 6.07) is 7.22. The standard InChI is InChI=1S/C19H27N3O3/c1-13-11-22(12-14(2)25-13)19(24)21-17-9-7-15(8-10-17)18(23)20-16-5-3-4-6-16/h7-10,13-14,16H,3-6,11-12H2,1-2H3,(H,20,23)(H,21,24). The molecule has 0 bridgehead atoms. The summed E-state index contributed by atoms with van der Waals surface area (Å²) in [5, 5.41) is 5.96. The molecule has 1 aliphatic heterocycles. The molecule has 6 nitrogen and oxygen atoms in total. The minimum atomic E-state index is -0.134. The Morgan fingerprint density at radius 1 is 1.04 bits per heavy atom. The van der Waals surface area contributed by atoms with Crippen LogP contribution in [0.2, 0.25) is 0 Å². The molecule has 3 rings (SSSR count). The van der Waals surface area contributed by atoms with Crippen molar-refractivity contribution in [2.75, 3.05) is 18.4 Å². The lowest BCUT2D eigenvalue weighted by Gasteiger charge is -2.35. The van der Waals surface area contributed by atoms with E-state index in [4.69, 9.17) is 4.74 Å². The second kappa shape index (κ2) is 7.87. The molecule has 0 aromatic heterocycles. The summed E-state index contributed by atoms with van der Waals surface area (Å²) >= 11 is 0. The monoisotopic (exact) mass is 345 g/mol. The Labute approximate surface area is 148 Å². The first-order chi connectivity index (χ1) is 12.0. The van der Waals surface area contributed by atoms with E-state index in [-0.39, 0.29) is 24.1 Å². The first-order valence-electron chi connectivity index (χ1n) is 9.13. The molecular weight excluding hydrogens is 318 g/mol. The molecule has 2 fully saturated rings. The van der Waals surface area contributed by atoms with Gasteiger partial charge in [0.1, 0.15) is 0 Å². The van der Waals surface area contributed by atoms with Crippen molar-refractivity contribution in [2.24, 2.45) is 0 Å². The predicted octanol–water partition coefficient (Wildman–Crippen LogP) is 3.00. The topological polar surface area (TPSA) is 70.7 Å². The highest BCUT2D eigenvalue weighted by atomic mass is 16.5. The van der Waals surface area contributed by atoms with Crippen LogP contribution in [-0.4, -0.2) is 48.2 Å². The zero-order chi connectivity index (χ0) is 17.8. The molecule has 0 spiro atoms. The van der Waals surface area contributed by atoms with E-state index in [1.54, 1.807) is 29.2 Å². The normalized spacial score (nSPS) is 24.2. The van der Waals surface area contributed by atoms with Gasteiger partial charge in [-0.25, -0.2) is 4.79 Å². The van der Waals surface area contributed by atoms with Crippen LogP contribution in [0.5, 0.6) is 0 Å². The molecule has 1 saturated carbocycles. The van der Waals surface area contributed by atoms with E-state index < -0.39 is 0 Å². The van der Waals surface area contributed by atoms with Crippen LogP contribution in [0.15, 0.2) is 24.3 Å². The third-order valence-corrected chi connectivity index (χ3v) is 4.80. The number of carbonyl (C=O) groups excluding carboxylic acids is 2. The van der Waals surface area contributed by atoms with Crippen molar-refractivity contribution in [3.05, 3.63) is 29.8 Å². The molecule has 1 saturated heterocycles. The van der Waals surface area contributed by atoms with Gasteiger partial charge in [0.05, 0.1) is 12.2 Å². The fraction of sp³-hybridized carbons (Fsp3) is 0.579. The predicted molar refractivity (Wildman–Crippen MR) is 96.8 cm³/mol. The number of anilines is 1. The van der Waals surface area contributed by atoms with Gasteiger partial charge < -0.3 is 20.3 Å². The number of nitrogens with one attached hydrogen (secondary N) is 2. The van der Waals surface area contributed by atoms with Crippen LogP contribution in [0.25, 0.3) is 0 Å². The molecule has 1 aliphatic carbocycles. The fourth-order valence-corrected chi connectivity index (χ4v) is 3.59. The maximum Gasteiger partial charge on any atom is 0.322 e. The summed E-state index contributed by atoms with van der Waals surface area (Å²) in [7, 11) is 0. The van der Waals surface area contributed by atoms with Crippen LogP contribution in [0.1, 0.15) is 49.9 Å². The Hall–Kier alpha value is -2.08. The van der Waals surface area contributed by atoms with Gasteiger partial charge in [-0.3, -0.25) is 4.79 Å². The highest BCUT2D eigenvalue weighted by molar-refractivity contribution is 5.95. The average Bonchev–Trinajstić information content (AvgIpc) is 3.07. The van der Waals surface area contributed by atoms with Crippen LogP contribution in [0.3, 0.4) is 0 Å². The van der Waals surface area contributed by atoms with Crippen LogP contribution < -0.4 is 10.6 Å². The summed E-state index contributed by atoms with van der Waals surface area (Å²) in [6.07, 6.45) is 4.59. The van der Waals surface area contributed by atoms with Gasteiger partial charge in [-0.05, 0) is 51.0 Å². The van der Waals surface area contributed by atoms with E-state index in [9.17, 15) is 9.59 Å². The number of rotatable bonds is 3. The summed E-state index contributed by atoms with van der Waals surface area (Å²) in [5.74, 6) is -0.0411. The first kappa shape index (κ1) is 17.7. The van der Waals surface area contributed by atoms with Gasteiger partial charge >= 0.3 is 6.03 Å². The second-order valence-corrected chi connectivity index (χ2v) is 7.12. The molecule has 1 heterocycles. The lowest BCUT2D eigenvalue weighted by molar-refractivity contribution is -0.0530. The SMILES string of the molecule is CC1CN(C(=O)Nc2ccc(C(=O)NC3CCCC3)cc2)CC(C)O1. The van der Waals surface area contributed by atoms with E-state index in [2.05, 4.69) is 10.6 Å². The number of amides is 3. The first-order valence-corrected chi connectivity index (χ1v) is 9.13. The number of benzene rings is 1. The van der Waals surface area contributed by atoms with E-state index in [1.165, 1.54) is 12.8 Å². The summed E-state index contributed by atoms with van der Waals surface area (Å²) in [5.41, 5.74) is 1.31. The average molecular weight is 345 g/mol. The van der Waals surface area contributed by atoms with Gasteiger partial charge in [-0.1, -0.05) is 12.8 Å². The number of morpholine rings is 1. The van der Waals surface area contributed by atoms with Crippen molar-refractivity contribution < 1.29 is 14.3 Å². The Balaban J connectivity index is 1.54. The Morgan fingerprint density at radius 2 is 1.64 bits per heavy atom. The molecule has 2 aliphatic rings. The van der Waals surface area contributed by atoms with E-state index in [0.29, 0.717) is 30.4 Å². The van der Waals surface area contributed by atoms with Crippen molar-refractivity contribution in [1.82, 2.24) is 10.2 Å². The van der Waals surface area contributed by atoms with Crippen molar-refractivity contribution in [3.8, 4) is 0 Å². The fourth-order valence-electron chi connectivity index (χ4n) is 3.59. The molecular formula is C19H27N3O3. The number of urea groups is 1. The number of carbonyl (C=O) groups is 2. The number of hydrogen-bond donors (Lipinski definition) is 2. The molecule has 6 heteroatoms. The minimum absolute atomic E-state index is 0.0381. The van der Waals surface area contributed by atoms with E-state index in [1.807, 2.05) is 13.8 Å². The van der Waals surface area contributed by atoms with Crippen molar-refractivity contribution in [1.29, 1.82) is 0 Å². The Kier molecular flexibility index (Phi) is 5.58. The zero-order valence-electron chi connectivity index (χ0n) is 15.0. The molecule has 2 atom stereocenters. The number of nitrogens with zero attached hydrogens (tertiary/aromatic N) is 1. The molecule has 0 radical (unpaired) electrons. The minimum Gasteiger partial charge on any atom is -0.372 e. The maximum absolute atomic E-state index is 12.4. The Bertz CT molecular complexity index is 601. The zero-order valence-corrected chi connectivity index (χ0v) is 15.0. The molecule has 1 aromatic rings. The Morgan fingerprint density at radius 3 is 2.24 bits per heavy atom. The van der Waals surface area contributed by atoms with Crippen LogP contribution >= 0.6 is 0 Å². The second-order valence-electron chi connectivity index (χ2n) is 7.12. The van der Waals surface area contributed by atoms with E-state index >= 15 is 0 Å². The van der Waals surface area contributed by atoms with Gasteiger partial charge in [-0.15, -0.1) is 0 Å². The van der Waals surface area contributed by atoms with Gasteiger partial charge in [0.15, 0.2) is 0 Å². The lowest BCUT2D eigenvalue weighted by Crippen LogP contribution is -2.49. The number of ether oxygens (including phenoxy) is 1. The molecule has 136 valence electrons. The van der Waals surface area contributed by atoms with Gasteiger partial charge in [0, 0.05) is 30.4 Å². The van der Waals surface area contributed by atoms with Gasteiger partial charge in [0.2, 0.25) is 0 Å². The van der Waals surface area contributed by atoms with Crippen LogP contribution in [0, 0.1) is 0 Å². The van der Waals surface area contributed by atoms with Crippen molar-refractivity contribution in [3.63, 3.8) is 0 Å². The summed E-state index contributed by atoms with van der Waals surface area (Å²) < 4.78 is 5.65. The van der Waals surface area contributed by atoms with Crippen molar-refractivity contribution >= 4 is 17.6 Å². The smallest absolute Gasteiger partial charge is 0.322 e. The van der Waals surface area contributed by atoms with Crippen LogP contribution in [0.4, 0.5) is 10.5 Å². The highest BCUT2D eigenvalue weighted by Crippen LogP contribution is 2.19. The third-order valence-electron chi connectivity index (χ3n) is 4.80. The summed E-state index contributed by atoms with van der Waals surface area (Å²) in [4.78, 5) is 26.4. The largest absolute Gasteiger partial charge is 0.372 e. The quantitative estimate of drug-likeness (QED) is 0.885. The molecule has 2 N–H and O–H groups in total. The molecule has 3 amide bonds. The van der Waals surface area contributed by atoms with E-state index in [0.717, 1.165) is 12.8 Å². The summed E-state index contributed by atoms with van der Waals surface area (Å²) in [6.45, 7) is 5.09. The molecule has 1 aromatic carbocycles. The maximum atomic E-state index is 12.4. The van der Waals surface area contributed by atoms with Crippen LogP contribution in [-0.2, 0) is 4.74 Å². The lowest BCUT2D eigenvalue weighted by atomic mass is 10.1. The molecule has 25 heavy (non-hydrogen) atoms. The van der Waals surface area contributed by atoms with Gasteiger partial charge in [0.25, 0.3) is 5.91 Å². The highest BCUT2D eigenvalue weighted by Gasteiger charge is 2.26. The van der Waals surface area contributed by atoms with Gasteiger partial charge in [-0.2, -0.15) is 0 Å². The third kappa shape index (κ3) is 4.72. The molecule has 2 unspecified atom stereocenters. The van der Waals surface area contributed by atoms with Crippen molar-refractivity contribution in [2.45, 2.75) is 57.8 Å².